The Morgan fingerprint density at radius 1 is 1.15 bits per heavy atom. The number of ether oxygens (including phenoxy) is 1. The van der Waals surface area contributed by atoms with Crippen molar-refractivity contribution < 1.29 is 4.74 Å². The van der Waals surface area contributed by atoms with Crippen LogP contribution in [0.25, 0.3) is 0 Å². The number of benzene rings is 2. The molecule has 1 heterocycles. The van der Waals surface area contributed by atoms with Crippen LogP contribution in [0.2, 0.25) is 10.0 Å². The number of hydrogen-bond donors (Lipinski definition) is 1. The average Bonchev–Trinajstić information content (AvgIpc) is 3.12. The second kappa shape index (κ2) is 7.77. The van der Waals surface area contributed by atoms with Gasteiger partial charge in [0.05, 0.1) is 12.6 Å². The topological polar surface area (TPSA) is 21.3 Å². The predicted molar refractivity (Wildman–Crippen MR) is 114 cm³/mol. The Bertz CT molecular complexity index is 841. The third-order valence-electron chi connectivity index (χ3n) is 5.61. The van der Waals surface area contributed by atoms with E-state index in [0.29, 0.717) is 17.8 Å². The van der Waals surface area contributed by atoms with Crippen LogP contribution in [-0.4, -0.2) is 6.61 Å². The molecule has 1 aliphatic heterocycles. The van der Waals surface area contributed by atoms with Crippen molar-refractivity contribution >= 4 is 28.9 Å². The molecule has 27 heavy (non-hydrogen) atoms. The van der Waals surface area contributed by atoms with E-state index in [4.69, 9.17) is 27.9 Å². The summed E-state index contributed by atoms with van der Waals surface area (Å²) >= 11 is 13.0. The number of fused-ring (bicyclic) bond motifs is 3. The summed E-state index contributed by atoms with van der Waals surface area (Å²) in [5.41, 5.74) is 3.44. The van der Waals surface area contributed by atoms with Crippen LogP contribution < -0.4 is 10.1 Å². The molecule has 0 saturated heterocycles. The van der Waals surface area contributed by atoms with Gasteiger partial charge in [0.1, 0.15) is 5.75 Å². The van der Waals surface area contributed by atoms with Crippen LogP contribution in [0.1, 0.15) is 49.8 Å². The standard InChI is InChI=1S/C23H25Cl2NO/c1-14(2)11-12-27-15-9-10-21-18(13-15)16-5-3-6-17(16)23(26-21)22-19(24)7-4-8-20(22)25/h3-5,7-10,13-14,16-17,23,26H,6,11-12H2,1-2H3. The Morgan fingerprint density at radius 2 is 1.93 bits per heavy atom. The number of nitrogens with one attached hydrogen (secondary N) is 1. The van der Waals surface area contributed by atoms with E-state index in [-0.39, 0.29) is 6.04 Å². The van der Waals surface area contributed by atoms with E-state index < -0.39 is 0 Å². The van der Waals surface area contributed by atoms with Gasteiger partial charge in [-0.3, -0.25) is 0 Å². The van der Waals surface area contributed by atoms with Gasteiger partial charge in [-0.2, -0.15) is 0 Å². The monoisotopic (exact) mass is 401 g/mol. The van der Waals surface area contributed by atoms with Gasteiger partial charge in [-0.25, -0.2) is 0 Å². The summed E-state index contributed by atoms with van der Waals surface area (Å²) in [6.07, 6.45) is 6.67. The summed E-state index contributed by atoms with van der Waals surface area (Å²) in [6.45, 7) is 5.19. The average molecular weight is 402 g/mol. The number of hydrogen-bond acceptors (Lipinski definition) is 2. The van der Waals surface area contributed by atoms with Gasteiger partial charge in [-0.1, -0.05) is 55.3 Å². The Kier molecular flexibility index (Phi) is 5.39. The molecule has 1 N–H and O–H groups in total. The molecule has 3 unspecified atom stereocenters. The molecule has 0 radical (unpaired) electrons. The molecule has 2 nitrogen and oxygen atoms in total. The lowest BCUT2D eigenvalue weighted by molar-refractivity contribution is 0.289. The maximum atomic E-state index is 6.52. The predicted octanol–water partition coefficient (Wildman–Crippen LogP) is 7.24. The maximum absolute atomic E-state index is 6.52. The largest absolute Gasteiger partial charge is 0.494 e. The van der Waals surface area contributed by atoms with Crippen molar-refractivity contribution in [2.24, 2.45) is 11.8 Å². The van der Waals surface area contributed by atoms with Gasteiger partial charge in [0.2, 0.25) is 0 Å². The molecule has 2 aromatic rings. The van der Waals surface area contributed by atoms with Gasteiger partial charge in [0.15, 0.2) is 0 Å². The first kappa shape index (κ1) is 18.7. The van der Waals surface area contributed by atoms with Crippen molar-refractivity contribution in [3.63, 3.8) is 0 Å². The van der Waals surface area contributed by atoms with Crippen LogP contribution in [0.3, 0.4) is 0 Å². The first-order valence-electron chi connectivity index (χ1n) is 9.68. The lowest BCUT2D eigenvalue weighted by Gasteiger charge is -2.38. The number of anilines is 1. The summed E-state index contributed by atoms with van der Waals surface area (Å²) in [7, 11) is 0. The minimum atomic E-state index is 0.103. The fourth-order valence-corrected chi connectivity index (χ4v) is 4.80. The molecule has 2 aliphatic rings. The zero-order valence-corrected chi connectivity index (χ0v) is 17.2. The Labute approximate surface area is 171 Å². The fourth-order valence-electron chi connectivity index (χ4n) is 4.17. The maximum Gasteiger partial charge on any atom is 0.119 e. The van der Waals surface area contributed by atoms with Crippen molar-refractivity contribution in [2.45, 2.75) is 38.6 Å². The Hall–Kier alpha value is -1.64. The highest BCUT2D eigenvalue weighted by Gasteiger charge is 2.39. The van der Waals surface area contributed by atoms with Gasteiger partial charge in [-0.15, -0.1) is 0 Å². The molecular weight excluding hydrogens is 377 g/mol. The minimum Gasteiger partial charge on any atom is -0.494 e. The van der Waals surface area contributed by atoms with Crippen LogP contribution in [0.15, 0.2) is 48.6 Å². The van der Waals surface area contributed by atoms with E-state index in [1.807, 2.05) is 18.2 Å². The lowest BCUT2D eigenvalue weighted by atomic mass is 9.77. The van der Waals surface area contributed by atoms with Crippen LogP contribution in [0.4, 0.5) is 5.69 Å². The van der Waals surface area contributed by atoms with Crippen molar-refractivity contribution in [1.29, 1.82) is 0 Å². The van der Waals surface area contributed by atoms with E-state index in [1.165, 1.54) is 5.56 Å². The highest BCUT2D eigenvalue weighted by Crippen LogP contribution is 2.52. The van der Waals surface area contributed by atoms with Crippen LogP contribution >= 0.6 is 23.2 Å². The van der Waals surface area contributed by atoms with Gasteiger partial charge in [0, 0.05) is 27.2 Å². The van der Waals surface area contributed by atoms with Gasteiger partial charge in [0.25, 0.3) is 0 Å². The molecule has 0 spiro atoms. The highest BCUT2D eigenvalue weighted by molar-refractivity contribution is 6.36. The normalized spacial score (nSPS) is 23.1. The van der Waals surface area contributed by atoms with Crippen LogP contribution in [0, 0.1) is 11.8 Å². The summed E-state index contributed by atoms with van der Waals surface area (Å²) in [6, 6.07) is 12.2. The Balaban J connectivity index is 1.64. The fraction of sp³-hybridized carbons (Fsp3) is 0.391. The molecular formula is C23H25Cl2NO. The third kappa shape index (κ3) is 3.70. The minimum absolute atomic E-state index is 0.103. The summed E-state index contributed by atoms with van der Waals surface area (Å²) in [5, 5.41) is 5.15. The van der Waals surface area contributed by atoms with E-state index in [1.54, 1.807) is 0 Å². The smallest absolute Gasteiger partial charge is 0.119 e. The summed E-state index contributed by atoms with van der Waals surface area (Å²) in [5.74, 6) is 2.35. The summed E-state index contributed by atoms with van der Waals surface area (Å²) in [4.78, 5) is 0. The molecule has 2 aromatic carbocycles. The summed E-state index contributed by atoms with van der Waals surface area (Å²) < 4.78 is 5.99. The first-order chi connectivity index (χ1) is 13.0. The van der Waals surface area contributed by atoms with Crippen molar-refractivity contribution in [3.05, 3.63) is 69.7 Å². The molecule has 0 fully saturated rings. The zero-order valence-electron chi connectivity index (χ0n) is 15.7. The second-order valence-electron chi connectivity index (χ2n) is 7.89. The van der Waals surface area contributed by atoms with E-state index in [9.17, 15) is 0 Å². The molecule has 3 atom stereocenters. The first-order valence-corrected chi connectivity index (χ1v) is 10.4. The van der Waals surface area contributed by atoms with E-state index in [0.717, 1.165) is 46.5 Å². The van der Waals surface area contributed by atoms with Gasteiger partial charge < -0.3 is 10.1 Å². The Morgan fingerprint density at radius 3 is 2.67 bits per heavy atom. The lowest BCUT2D eigenvalue weighted by Crippen LogP contribution is -2.29. The van der Waals surface area contributed by atoms with Crippen molar-refractivity contribution in [1.82, 2.24) is 0 Å². The molecule has 1 aliphatic carbocycles. The molecule has 4 rings (SSSR count). The van der Waals surface area contributed by atoms with Crippen molar-refractivity contribution in [2.75, 3.05) is 11.9 Å². The number of allylic oxidation sites excluding steroid dienone is 2. The van der Waals surface area contributed by atoms with Crippen LogP contribution in [0.5, 0.6) is 5.75 Å². The van der Waals surface area contributed by atoms with E-state index in [2.05, 4.69) is 49.5 Å². The molecule has 4 heteroatoms. The zero-order chi connectivity index (χ0) is 19.0. The number of halogens is 2. The molecule has 0 bridgehead atoms. The van der Waals surface area contributed by atoms with Gasteiger partial charge in [-0.05, 0) is 60.6 Å². The molecule has 0 amide bonds. The van der Waals surface area contributed by atoms with Gasteiger partial charge >= 0.3 is 0 Å². The third-order valence-corrected chi connectivity index (χ3v) is 6.27. The highest BCUT2D eigenvalue weighted by atomic mass is 35.5. The molecule has 0 aromatic heterocycles. The SMILES string of the molecule is CC(C)CCOc1ccc2c(c1)C1C=CCC1C(c1c(Cl)cccc1Cl)N2. The van der Waals surface area contributed by atoms with Crippen molar-refractivity contribution in [3.8, 4) is 5.75 Å². The molecule has 142 valence electrons. The number of rotatable bonds is 5. The molecule has 0 saturated carbocycles. The van der Waals surface area contributed by atoms with Crippen LogP contribution in [-0.2, 0) is 0 Å². The van der Waals surface area contributed by atoms with E-state index >= 15 is 0 Å². The second-order valence-corrected chi connectivity index (χ2v) is 8.71. The quantitative estimate of drug-likeness (QED) is 0.532.